The van der Waals surface area contributed by atoms with E-state index < -0.39 is 12.2 Å². The number of carbonyl (C=O) groups is 1. The predicted octanol–water partition coefficient (Wildman–Crippen LogP) is 2.23. The van der Waals surface area contributed by atoms with Crippen LogP contribution in [0.4, 0.5) is 4.79 Å². The monoisotopic (exact) mass is 250 g/mol. The summed E-state index contributed by atoms with van der Waals surface area (Å²) >= 11 is 0. The van der Waals surface area contributed by atoms with Crippen LogP contribution in [0.3, 0.4) is 0 Å². The first-order valence-corrected chi connectivity index (χ1v) is 5.91. The van der Waals surface area contributed by atoms with Crippen LogP contribution >= 0.6 is 0 Å². The molecule has 1 rings (SSSR count). The molecule has 0 aliphatic heterocycles. The van der Waals surface area contributed by atoms with Gasteiger partial charge in [0.05, 0.1) is 12.3 Å². The summed E-state index contributed by atoms with van der Waals surface area (Å²) in [5.74, 6) is 0. The van der Waals surface area contributed by atoms with Gasteiger partial charge in [-0.3, -0.25) is 0 Å². The van der Waals surface area contributed by atoms with Crippen molar-refractivity contribution in [3.05, 3.63) is 35.9 Å². The molecule has 0 spiro atoms. The molecule has 98 valence electrons. The average molecular weight is 250 g/mol. The number of benzene rings is 1. The molecular weight excluding hydrogens is 232 g/mol. The summed E-state index contributed by atoms with van der Waals surface area (Å²) in [6.45, 7) is 3.85. The first kappa shape index (κ1) is 14.2. The number of nitrogens with one attached hydrogen (secondary N) is 1. The Kier molecular flexibility index (Phi) is 5.87. The second-order valence-electron chi connectivity index (χ2n) is 3.60. The summed E-state index contributed by atoms with van der Waals surface area (Å²) in [6, 6.07) is 9.16. The van der Waals surface area contributed by atoms with Gasteiger partial charge < -0.3 is 9.84 Å². The molecule has 5 heteroatoms. The van der Waals surface area contributed by atoms with Gasteiger partial charge in [0, 0.05) is 0 Å². The van der Waals surface area contributed by atoms with E-state index in [0.29, 0.717) is 12.1 Å². The Morgan fingerprint density at radius 2 is 2.06 bits per heavy atom. The molecule has 0 radical (unpaired) electrons. The third-order valence-corrected chi connectivity index (χ3v) is 2.36. The lowest BCUT2D eigenvalue weighted by atomic mass is 10.0. The van der Waals surface area contributed by atoms with Crippen molar-refractivity contribution in [2.24, 2.45) is 5.10 Å². The van der Waals surface area contributed by atoms with Gasteiger partial charge in [0.2, 0.25) is 0 Å². The van der Waals surface area contributed by atoms with Crippen LogP contribution in [-0.2, 0) is 4.74 Å². The number of ether oxygens (including phenoxy) is 1. The quantitative estimate of drug-likeness (QED) is 0.622. The van der Waals surface area contributed by atoms with E-state index in [1.54, 1.807) is 19.1 Å². The normalized spacial score (nSPS) is 12.9. The molecule has 2 N–H and O–H groups in total. The maximum Gasteiger partial charge on any atom is 0.427 e. The van der Waals surface area contributed by atoms with Gasteiger partial charge in [0.1, 0.15) is 6.10 Å². The summed E-state index contributed by atoms with van der Waals surface area (Å²) in [5.41, 5.74) is 3.47. The second-order valence-corrected chi connectivity index (χ2v) is 3.60. The Hall–Kier alpha value is -1.88. The van der Waals surface area contributed by atoms with Crippen molar-refractivity contribution in [2.45, 2.75) is 26.4 Å². The topological polar surface area (TPSA) is 70.9 Å². The van der Waals surface area contributed by atoms with Crippen molar-refractivity contribution in [2.75, 3.05) is 6.61 Å². The number of aliphatic hydroxyl groups is 1. The van der Waals surface area contributed by atoms with Gasteiger partial charge in [-0.1, -0.05) is 37.3 Å². The van der Waals surface area contributed by atoms with Crippen molar-refractivity contribution < 1.29 is 14.6 Å². The molecule has 1 aromatic carbocycles. The lowest BCUT2D eigenvalue weighted by Crippen LogP contribution is -2.23. The van der Waals surface area contributed by atoms with Crippen LogP contribution in [0.25, 0.3) is 0 Å². The molecule has 0 aliphatic rings. The van der Waals surface area contributed by atoms with E-state index in [2.05, 4.69) is 15.3 Å². The second kappa shape index (κ2) is 7.45. The van der Waals surface area contributed by atoms with Gasteiger partial charge in [-0.15, -0.1) is 0 Å². The average Bonchev–Trinajstić information content (AvgIpc) is 2.40. The number of hydrogen-bond donors (Lipinski definition) is 2. The molecule has 18 heavy (non-hydrogen) atoms. The highest BCUT2D eigenvalue weighted by atomic mass is 16.5. The van der Waals surface area contributed by atoms with Crippen molar-refractivity contribution in [3.63, 3.8) is 0 Å². The SMILES string of the molecule is CCOC(=O)N/N=C(\CC)C(O)c1ccccc1. The fraction of sp³-hybridized carbons (Fsp3) is 0.385. The standard InChI is InChI=1S/C13H18N2O3/c1-3-11(14-15-13(17)18-4-2)12(16)10-8-6-5-7-9-10/h5-9,12,16H,3-4H2,1-2H3,(H,15,17)/b14-11+. The first-order valence-electron chi connectivity index (χ1n) is 5.91. The van der Waals surface area contributed by atoms with Crippen LogP contribution in [0.2, 0.25) is 0 Å². The lowest BCUT2D eigenvalue weighted by Gasteiger charge is -2.12. The summed E-state index contributed by atoms with van der Waals surface area (Å²) in [4.78, 5) is 11.1. The Morgan fingerprint density at radius 3 is 2.61 bits per heavy atom. The van der Waals surface area contributed by atoms with Gasteiger partial charge in [-0.25, -0.2) is 10.2 Å². The minimum Gasteiger partial charge on any atom is -0.449 e. The van der Waals surface area contributed by atoms with Crippen LogP contribution < -0.4 is 5.43 Å². The van der Waals surface area contributed by atoms with Crippen LogP contribution in [0.15, 0.2) is 35.4 Å². The van der Waals surface area contributed by atoms with Crippen LogP contribution in [0.1, 0.15) is 31.9 Å². The zero-order chi connectivity index (χ0) is 13.4. The molecule has 0 aromatic heterocycles. The van der Waals surface area contributed by atoms with E-state index in [1.807, 2.05) is 25.1 Å². The van der Waals surface area contributed by atoms with E-state index in [9.17, 15) is 9.90 Å². The van der Waals surface area contributed by atoms with Crippen LogP contribution in [0, 0.1) is 0 Å². The number of carbonyl (C=O) groups excluding carboxylic acids is 1. The van der Waals surface area contributed by atoms with Crippen molar-refractivity contribution in [3.8, 4) is 0 Å². The first-order chi connectivity index (χ1) is 8.69. The van der Waals surface area contributed by atoms with Gasteiger partial charge in [0.15, 0.2) is 0 Å². The molecule has 0 saturated heterocycles. The van der Waals surface area contributed by atoms with Gasteiger partial charge >= 0.3 is 6.09 Å². The third-order valence-electron chi connectivity index (χ3n) is 2.36. The highest BCUT2D eigenvalue weighted by Gasteiger charge is 2.13. The summed E-state index contributed by atoms with van der Waals surface area (Å²) in [6.07, 6.45) is -0.913. The maximum absolute atomic E-state index is 11.1. The molecule has 0 bridgehead atoms. The highest BCUT2D eigenvalue weighted by molar-refractivity contribution is 5.90. The Labute approximate surface area is 106 Å². The molecular formula is C13H18N2O3. The van der Waals surface area contributed by atoms with Gasteiger partial charge in [-0.2, -0.15) is 5.10 Å². The zero-order valence-corrected chi connectivity index (χ0v) is 10.6. The largest absolute Gasteiger partial charge is 0.449 e. The zero-order valence-electron chi connectivity index (χ0n) is 10.6. The third kappa shape index (κ3) is 4.18. The number of amides is 1. The van der Waals surface area contributed by atoms with E-state index in [4.69, 9.17) is 0 Å². The van der Waals surface area contributed by atoms with Crippen LogP contribution in [-0.4, -0.2) is 23.5 Å². The highest BCUT2D eigenvalue weighted by Crippen LogP contribution is 2.15. The molecule has 1 amide bonds. The minimum atomic E-state index is -0.821. The number of nitrogens with zero attached hydrogens (tertiary/aromatic N) is 1. The summed E-state index contributed by atoms with van der Waals surface area (Å²) < 4.78 is 4.68. The number of hydrazone groups is 1. The predicted molar refractivity (Wildman–Crippen MR) is 69.3 cm³/mol. The van der Waals surface area contributed by atoms with Crippen molar-refractivity contribution >= 4 is 11.8 Å². The van der Waals surface area contributed by atoms with E-state index in [-0.39, 0.29) is 6.61 Å². The maximum atomic E-state index is 11.1. The molecule has 0 saturated carbocycles. The smallest absolute Gasteiger partial charge is 0.427 e. The molecule has 1 atom stereocenters. The Bertz CT molecular complexity index is 404. The van der Waals surface area contributed by atoms with Gasteiger partial charge in [0.25, 0.3) is 0 Å². The molecule has 0 heterocycles. The van der Waals surface area contributed by atoms with E-state index >= 15 is 0 Å². The lowest BCUT2D eigenvalue weighted by molar-refractivity contribution is 0.152. The number of rotatable bonds is 5. The van der Waals surface area contributed by atoms with E-state index in [1.165, 1.54) is 0 Å². The fourth-order valence-corrected chi connectivity index (χ4v) is 1.44. The molecule has 1 unspecified atom stereocenters. The minimum absolute atomic E-state index is 0.282. The number of aliphatic hydroxyl groups excluding tert-OH is 1. The molecule has 1 aromatic rings. The Morgan fingerprint density at radius 1 is 1.39 bits per heavy atom. The van der Waals surface area contributed by atoms with Crippen molar-refractivity contribution in [1.29, 1.82) is 0 Å². The van der Waals surface area contributed by atoms with Crippen molar-refractivity contribution in [1.82, 2.24) is 5.43 Å². The Balaban J connectivity index is 2.71. The summed E-state index contributed by atoms with van der Waals surface area (Å²) in [7, 11) is 0. The molecule has 0 aliphatic carbocycles. The van der Waals surface area contributed by atoms with Crippen LogP contribution in [0.5, 0.6) is 0 Å². The molecule has 0 fully saturated rings. The summed E-state index contributed by atoms with van der Waals surface area (Å²) in [5, 5.41) is 14.0. The van der Waals surface area contributed by atoms with Gasteiger partial charge in [-0.05, 0) is 18.9 Å². The molecule has 5 nitrogen and oxygen atoms in total. The number of hydrogen-bond acceptors (Lipinski definition) is 4. The fourth-order valence-electron chi connectivity index (χ4n) is 1.44. The van der Waals surface area contributed by atoms with E-state index in [0.717, 1.165) is 5.56 Å².